The van der Waals surface area contributed by atoms with Gasteiger partial charge in [0.1, 0.15) is 0 Å². The molecule has 0 aliphatic carbocycles. The van der Waals surface area contributed by atoms with Crippen molar-refractivity contribution in [2.45, 2.75) is 6.36 Å². The first kappa shape index (κ1) is 11.3. The van der Waals surface area contributed by atoms with Crippen LogP contribution in [0.25, 0.3) is 0 Å². The van der Waals surface area contributed by atoms with E-state index in [2.05, 4.69) is 4.74 Å². The van der Waals surface area contributed by atoms with Gasteiger partial charge < -0.3 is 0 Å². The molecule has 0 heterocycles. The van der Waals surface area contributed by atoms with Crippen molar-refractivity contribution >= 4 is 53.0 Å². The second-order valence-electron chi connectivity index (χ2n) is 1.05. The summed E-state index contributed by atoms with van der Waals surface area (Å²) in [5.41, 5.74) is 0. The summed E-state index contributed by atoms with van der Waals surface area (Å²) >= 11 is 3.33. The van der Waals surface area contributed by atoms with E-state index in [0.29, 0.717) is 0 Å². The third-order valence-electron chi connectivity index (χ3n) is 0.341. The average molecular weight is 442 g/mol. The Hall–Kier alpha value is 1.28. The van der Waals surface area contributed by atoms with Gasteiger partial charge in [0.05, 0.1) is 0 Å². The standard InChI is InChI=1S/C2AsF3I2O2/c4-2(5,6)10-1(9)3(7)8. The summed E-state index contributed by atoms with van der Waals surface area (Å²) in [7, 11) is -2.07. The van der Waals surface area contributed by atoms with Crippen molar-refractivity contribution in [1.82, 2.24) is 0 Å². The molecule has 0 radical (unpaired) electrons. The molecule has 0 amide bonds. The molecule has 0 aromatic heterocycles. The first-order valence-corrected chi connectivity index (χ1v) is 14.1. The number of carbonyl (C=O) groups is 1. The summed E-state index contributed by atoms with van der Waals surface area (Å²) in [4.78, 5) is 10.3. The van der Waals surface area contributed by atoms with Crippen LogP contribution in [-0.4, -0.2) is 19.1 Å². The van der Waals surface area contributed by atoms with E-state index in [0.717, 1.165) is 0 Å². The van der Waals surface area contributed by atoms with Crippen LogP contribution in [0.5, 0.6) is 0 Å². The van der Waals surface area contributed by atoms with Gasteiger partial charge in [-0.2, -0.15) is 0 Å². The number of hydrogen-bond acceptors (Lipinski definition) is 2. The van der Waals surface area contributed by atoms with Crippen LogP contribution in [-0.2, 0) is 4.74 Å². The van der Waals surface area contributed by atoms with Crippen molar-refractivity contribution in [3.05, 3.63) is 0 Å². The van der Waals surface area contributed by atoms with Gasteiger partial charge in [0.15, 0.2) is 0 Å². The second-order valence-corrected chi connectivity index (χ2v) is 22.4. The Morgan fingerprint density at radius 3 is 1.90 bits per heavy atom. The zero-order valence-corrected chi connectivity index (χ0v) is 10.3. The van der Waals surface area contributed by atoms with E-state index in [1.54, 1.807) is 40.3 Å². The van der Waals surface area contributed by atoms with Gasteiger partial charge in [0.2, 0.25) is 0 Å². The Kier molecular flexibility index (Phi) is 4.90. The molecule has 0 unspecified atom stereocenters. The minimum absolute atomic E-state index is 1.14. The number of alkyl halides is 3. The predicted octanol–water partition coefficient (Wildman–Crippen LogP) is 2.58. The van der Waals surface area contributed by atoms with Crippen LogP contribution in [0.2, 0.25) is 0 Å². The van der Waals surface area contributed by atoms with Gasteiger partial charge in [-0.25, -0.2) is 0 Å². The molecule has 0 aliphatic rings. The van der Waals surface area contributed by atoms with Crippen molar-refractivity contribution in [2.75, 3.05) is 0 Å². The molecule has 0 rings (SSSR count). The molecule has 0 atom stereocenters. The van der Waals surface area contributed by atoms with Crippen LogP contribution in [0.4, 0.5) is 18.0 Å². The van der Waals surface area contributed by atoms with Gasteiger partial charge in [-0.15, -0.1) is 0 Å². The quantitative estimate of drug-likeness (QED) is 0.462. The molecular weight excluding hydrogens is 442 g/mol. The molecule has 0 fully saturated rings. The Bertz CT molecular complexity index is 135. The fraction of sp³-hybridized carbons (Fsp3) is 0.500. The van der Waals surface area contributed by atoms with Gasteiger partial charge >= 0.3 is 82.0 Å². The van der Waals surface area contributed by atoms with E-state index in [9.17, 15) is 18.0 Å². The fourth-order valence-electron chi connectivity index (χ4n) is 0.134. The Balaban J connectivity index is 3.81. The summed E-state index contributed by atoms with van der Waals surface area (Å²) in [6, 6.07) is 0. The van der Waals surface area contributed by atoms with Crippen LogP contribution >= 0.6 is 40.3 Å². The maximum absolute atomic E-state index is 11.2. The van der Waals surface area contributed by atoms with E-state index < -0.39 is 19.1 Å². The van der Waals surface area contributed by atoms with Crippen molar-refractivity contribution < 1.29 is 22.7 Å². The summed E-state index contributed by atoms with van der Waals surface area (Å²) in [5.74, 6) is 0. The number of ether oxygens (including phenoxy) is 1. The van der Waals surface area contributed by atoms with Crippen LogP contribution in [0.1, 0.15) is 0 Å². The molecule has 0 spiro atoms. The third-order valence-corrected chi connectivity index (χ3v) is 5.21. The van der Waals surface area contributed by atoms with Gasteiger partial charge in [-0.3, -0.25) is 0 Å². The van der Waals surface area contributed by atoms with Crippen molar-refractivity contribution in [3.63, 3.8) is 0 Å². The van der Waals surface area contributed by atoms with Gasteiger partial charge in [-0.05, 0) is 0 Å². The van der Waals surface area contributed by atoms with Crippen LogP contribution in [0.15, 0.2) is 0 Å². The van der Waals surface area contributed by atoms with Gasteiger partial charge in [-0.1, -0.05) is 0 Å². The molecule has 0 aromatic carbocycles. The Morgan fingerprint density at radius 2 is 1.80 bits per heavy atom. The van der Waals surface area contributed by atoms with E-state index in [1.807, 2.05) is 0 Å². The summed E-state index contributed by atoms with van der Waals surface area (Å²) in [6.45, 7) is 0. The number of hydrogen-bond donors (Lipinski definition) is 0. The summed E-state index contributed by atoms with van der Waals surface area (Å²) < 4.78 is 35.7. The van der Waals surface area contributed by atoms with E-state index >= 15 is 0 Å². The maximum atomic E-state index is 11.2. The van der Waals surface area contributed by atoms with E-state index in [-0.39, 0.29) is 0 Å². The van der Waals surface area contributed by atoms with Crippen molar-refractivity contribution in [3.8, 4) is 0 Å². The second kappa shape index (κ2) is 4.34. The first-order valence-electron chi connectivity index (χ1n) is 1.74. The molecule has 0 aromatic rings. The number of halogens is 5. The minimum atomic E-state index is -4.82. The van der Waals surface area contributed by atoms with Crippen LogP contribution in [0.3, 0.4) is 0 Å². The Morgan fingerprint density at radius 1 is 1.40 bits per heavy atom. The molecule has 60 valence electrons. The predicted molar refractivity (Wildman–Crippen MR) is 46.3 cm³/mol. The monoisotopic (exact) mass is 442 g/mol. The van der Waals surface area contributed by atoms with E-state index in [1.165, 1.54) is 0 Å². The average Bonchev–Trinajstić information content (AvgIpc) is 1.60. The molecule has 0 saturated carbocycles. The van der Waals surface area contributed by atoms with E-state index in [4.69, 9.17) is 0 Å². The molecule has 8 heteroatoms. The normalized spacial score (nSPS) is 11.8. The zero-order valence-electron chi connectivity index (χ0n) is 4.15. The molecule has 0 aliphatic heterocycles. The topological polar surface area (TPSA) is 26.3 Å². The zero-order chi connectivity index (χ0) is 8.36. The molecular formula is C2AsF3I2O2. The van der Waals surface area contributed by atoms with Gasteiger partial charge in [0.25, 0.3) is 0 Å². The molecule has 10 heavy (non-hydrogen) atoms. The molecule has 0 N–H and O–H groups in total. The third kappa shape index (κ3) is 6.02. The molecule has 0 bridgehead atoms. The Labute approximate surface area is 81.2 Å². The van der Waals surface area contributed by atoms with Gasteiger partial charge in [0, 0.05) is 0 Å². The molecule has 0 saturated heterocycles. The van der Waals surface area contributed by atoms with Crippen molar-refractivity contribution in [2.24, 2.45) is 0 Å². The fourth-order valence-corrected chi connectivity index (χ4v) is 1.52. The summed E-state index contributed by atoms with van der Waals surface area (Å²) in [6.07, 6.45) is -4.82. The molecule has 2 nitrogen and oxygen atoms in total. The summed E-state index contributed by atoms with van der Waals surface area (Å²) in [5, 5.41) is 0. The van der Waals surface area contributed by atoms with Crippen LogP contribution < -0.4 is 0 Å². The van der Waals surface area contributed by atoms with Crippen LogP contribution in [0, 0.1) is 0 Å². The number of carbonyl (C=O) groups excluding carboxylic acids is 1. The van der Waals surface area contributed by atoms with Crippen molar-refractivity contribution in [1.29, 1.82) is 0 Å². The SMILES string of the molecule is O=C(OC(F)(F)F)[As](I)I. The first-order chi connectivity index (χ1) is 4.33. The number of rotatable bonds is 1.